The Morgan fingerprint density at radius 3 is 2.56 bits per heavy atom. The van der Waals surface area contributed by atoms with E-state index in [2.05, 4.69) is 17.3 Å². The van der Waals surface area contributed by atoms with Gasteiger partial charge < -0.3 is 19.7 Å². The molecule has 1 saturated heterocycles. The molecule has 1 spiro atoms. The number of ether oxygens (including phenoxy) is 2. The van der Waals surface area contributed by atoms with Gasteiger partial charge in [0.1, 0.15) is 17.5 Å². The number of esters is 1. The van der Waals surface area contributed by atoms with E-state index < -0.39 is 0 Å². The lowest BCUT2D eigenvalue weighted by Gasteiger charge is -2.46. The highest BCUT2D eigenvalue weighted by Gasteiger charge is 2.43. The summed E-state index contributed by atoms with van der Waals surface area (Å²) in [4.78, 5) is 28.5. The number of carbonyl (C=O) groups excluding carboxylic acids is 2. The van der Waals surface area contributed by atoms with Crippen molar-refractivity contribution < 1.29 is 19.1 Å². The molecule has 0 aromatic heterocycles. The predicted octanol–water partition coefficient (Wildman–Crippen LogP) is 4.86. The maximum Gasteiger partial charge on any atom is 0.339 e. The van der Waals surface area contributed by atoms with Crippen LogP contribution in [0.25, 0.3) is 0 Å². The standard InChI is InChI=1S/C30H30N2O4/c1-32-15-13-30(14-16-32)19-25(24-9-5-6-10-26(24)36-30)31-28(33)21-11-12-23-22(17-21)18-27(35-29(23)34)20-7-3-2-4-8-20/h2-12,17,25,27H,13-16,18-19H2,1H3,(H,31,33). The second kappa shape index (κ2) is 9.10. The molecule has 3 aliphatic heterocycles. The number of nitrogens with zero attached hydrogens (tertiary/aromatic N) is 1. The molecule has 3 heterocycles. The van der Waals surface area contributed by atoms with Gasteiger partial charge in [0.05, 0.1) is 11.6 Å². The summed E-state index contributed by atoms with van der Waals surface area (Å²) < 4.78 is 12.2. The van der Waals surface area contributed by atoms with Crippen molar-refractivity contribution in [2.24, 2.45) is 0 Å². The van der Waals surface area contributed by atoms with Gasteiger partial charge in [-0.25, -0.2) is 4.79 Å². The number of rotatable bonds is 3. The summed E-state index contributed by atoms with van der Waals surface area (Å²) >= 11 is 0. The zero-order chi connectivity index (χ0) is 24.7. The Labute approximate surface area is 211 Å². The van der Waals surface area contributed by atoms with Gasteiger partial charge in [-0.1, -0.05) is 48.5 Å². The number of amides is 1. The molecule has 0 aliphatic carbocycles. The van der Waals surface area contributed by atoms with Crippen LogP contribution in [-0.4, -0.2) is 42.5 Å². The number of hydrogen-bond acceptors (Lipinski definition) is 5. The Morgan fingerprint density at radius 2 is 1.75 bits per heavy atom. The van der Waals surface area contributed by atoms with Crippen molar-refractivity contribution in [1.82, 2.24) is 10.2 Å². The zero-order valence-corrected chi connectivity index (χ0v) is 20.4. The van der Waals surface area contributed by atoms with E-state index in [0.717, 1.165) is 54.8 Å². The minimum absolute atomic E-state index is 0.135. The van der Waals surface area contributed by atoms with Crippen LogP contribution in [0.2, 0.25) is 0 Å². The van der Waals surface area contributed by atoms with Crippen LogP contribution in [0.3, 0.4) is 0 Å². The fourth-order valence-corrected chi connectivity index (χ4v) is 5.71. The molecule has 1 N–H and O–H groups in total. The molecule has 0 saturated carbocycles. The zero-order valence-electron chi connectivity index (χ0n) is 20.4. The fraction of sp³-hybridized carbons (Fsp3) is 0.333. The fourth-order valence-electron chi connectivity index (χ4n) is 5.71. The molecule has 36 heavy (non-hydrogen) atoms. The van der Waals surface area contributed by atoms with Crippen LogP contribution >= 0.6 is 0 Å². The second-order valence-electron chi connectivity index (χ2n) is 10.2. The number of hydrogen-bond donors (Lipinski definition) is 1. The molecule has 3 aliphatic rings. The third kappa shape index (κ3) is 4.26. The molecule has 6 rings (SSSR count). The summed E-state index contributed by atoms with van der Waals surface area (Å²) in [6, 6.07) is 22.9. The van der Waals surface area contributed by atoms with Crippen LogP contribution in [-0.2, 0) is 11.2 Å². The maximum absolute atomic E-state index is 13.5. The van der Waals surface area contributed by atoms with E-state index in [4.69, 9.17) is 9.47 Å². The van der Waals surface area contributed by atoms with Gasteiger partial charge >= 0.3 is 5.97 Å². The van der Waals surface area contributed by atoms with Gasteiger partial charge in [-0.3, -0.25) is 4.79 Å². The second-order valence-corrected chi connectivity index (χ2v) is 10.2. The molecule has 0 bridgehead atoms. The van der Waals surface area contributed by atoms with E-state index in [1.165, 1.54) is 0 Å². The lowest BCUT2D eigenvalue weighted by molar-refractivity contribution is -0.0195. The number of piperidine rings is 1. The van der Waals surface area contributed by atoms with E-state index in [0.29, 0.717) is 17.5 Å². The molecule has 6 nitrogen and oxygen atoms in total. The van der Waals surface area contributed by atoms with Crippen LogP contribution in [0.5, 0.6) is 5.75 Å². The van der Waals surface area contributed by atoms with Gasteiger partial charge in [0, 0.05) is 37.1 Å². The summed E-state index contributed by atoms with van der Waals surface area (Å²) in [5, 5.41) is 3.29. The first-order chi connectivity index (χ1) is 17.5. The largest absolute Gasteiger partial charge is 0.487 e. The Hall–Kier alpha value is -3.64. The van der Waals surface area contributed by atoms with Gasteiger partial charge in [-0.2, -0.15) is 0 Å². The van der Waals surface area contributed by atoms with E-state index in [-0.39, 0.29) is 29.6 Å². The lowest BCUT2D eigenvalue weighted by atomic mass is 9.80. The SMILES string of the molecule is CN1CCC2(CC1)CC(NC(=O)c1ccc3c(c1)CC(c1ccccc1)OC3=O)c1ccccc1O2. The molecule has 184 valence electrons. The minimum Gasteiger partial charge on any atom is -0.487 e. The van der Waals surface area contributed by atoms with E-state index >= 15 is 0 Å². The molecule has 0 radical (unpaired) electrons. The number of carbonyl (C=O) groups is 2. The predicted molar refractivity (Wildman–Crippen MR) is 136 cm³/mol. The smallest absolute Gasteiger partial charge is 0.339 e. The first-order valence-electron chi connectivity index (χ1n) is 12.7. The quantitative estimate of drug-likeness (QED) is 0.540. The molecular weight excluding hydrogens is 452 g/mol. The monoisotopic (exact) mass is 482 g/mol. The average molecular weight is 483 g/mol. The maximum atomic E-state index is 13.5. The van der Waals surface area contributed by atoms with E-state index in [1.807, 2.05) is 60.7 Å². The van der Waals surface area contributed by atoms with Gasteiger partial charge in [0.15, 0.2) is 0 Å². The molecule has 3 aromatic rings. The molecule has 2 atom stereocenters. The first-order valence-corrected chi connectivity index (χ1v) is 12.7. The van der Waals surface area contributed by atoms with Crippen LogP contribution in [0.4, 0.5) is 0 Å². The Balaban J connectivity index is 1.25. The van der Waals surface area contributed by atoms with Crippen molar-refractivity contribution in [3.8, 4) is 5.75 Å². The molecule has 1 amide bonds. The van der Waals surface area contributed by atoms with Crippen molar-refractivity contribution in [1.29, 1.82) is 0 Å². The van der Waals surface area contributed by atoms with E-state index in [1.54, 1.807) is 12.1 Å². The Bertz CT molecular complexity index is 1300. The van der Waals surface area contributed by atoms with Crippen molar-refractivity contribution in [3.05, 3.63) is 101 Å². The van der Waals surface area contributed by atoms with Crippen LogP contribution in [0.15, 0.2) is 72.8 Å². The van der Waals surface area contributed by atoms with Crippen LogP contribution in [0.1, 0.15) is 68.8 Å². The highest BCUT2D eigenvalue weighted by atomic mass is 16.5. The topological polar surface area (TPSA) is 67.9 Å². The van der Waals surface area contributed by atoms with Gasteiger partial charge in [0.25, 0.3) is 5.91 Å². The van der Waals surface area contributed by atoms with Crippen molar-refractivity contribution in [2.45, 2.75) is 43.4 Å². The van der Waals surface area contributed by atoms with Crippen molar-refractivity contribution >= 4 is 11.9 Å². The number of fused-ring (bicyclic) bond motifs is 2. The van der Waals surface area contributed by atoms with Crippen molar-refractivity contribution in [2.75, 3.05) is 20.1 Å². The number of para-hydroxylation sites is 1. The van der Waals surface area contributed by atoms with Crippen molar-refractivity contribution in [3.63, 3.8) is 0 Å². The van der Waals surface area contributed by atoms with Gasteiger partial charge in [0.2, 0.25) is 0 Å². The highest BCUT2D eigenvalue weighted by Crippen LogP contribution is 2.44. The number of cyclic esters (lactones) is 1. The Morgan fingerprint density at radius 1 is 1.00 bits per heavy atom. The lowest BCUT2D eigenvalue weighted by Crippen LogP contribution is -2.51. The number of likely N-dealkylation sites (tertiary alicyclic amines) is 1. The molecule has 6 heteroatoms. The summed E-state index contributed by atoms with van der Waals surface area (Å²) in [6.45, 7) is 1.96. The molecule has 1 fully saturated rings. The number of benzene rings is 3. The summed E-state index contributed by atoms with van der Waals surface area (Å²) in [5.74, 6) is 0.370. The van der Waals surface area contributed by atoms with Gasteiger partial charge in [-0.15, -0.1) is 0 Å². The normalized spacial score (nSPS) is 22.6. The van der Waals surface area contributed by atoms with Gasteiger partial charge in [-0.05, 0) is 55.3 Å². The average Bonchev–Trinajstić information content (AvgIpc) is 2.90. The molecular formula is C30H30N2O4. The minimum atomic E-state index is -0.351. The number of nitrogens with one attached hydrogen (secondary N) is 1. The first kappa shape index (κ1) is 22.8. The highest BCUT2D eigenvalue weighted by molar-refractivity contribution is 5.98. The third-order valence-corrected chi connectivity index (χ3v) is 7.81. The third-order valence-electron chi connectivity index (χ3n) is 7.81. The Kier molecular flexibility index (Phi) is 5.76. The molecule has 2 unspecified atom stereocenters. The van der Waals surface area contributed by atoms with E-state index in [9.17, 15) is 9.59 Å². The van der Waals surface area contributed by atoms with Crippen LogP contribution in [0, 0.1) is 0 Å². The summed E-state index contributed by atoms with van der Waals surface area (Å²) in [7, 11) is 2.14. The summed E-state index contributed by atoms with van der Waals surface area (Å²) in [5.41, 5.74) is 3.63. The summed E-state index contributed by atoms with van der Waals surface area (Å²) in [6.07, 6.45) is 2.81. The van der Waals surface area contributed by atoms with Crippen LogP contribution < -0.4 is 10.1 Å². The molecule has 3 aromatic carbocycles.